The van der Waals surface area contributed by atoms with E-state index in [2.05, 4.69) is 0 Å². The predicted octanol–water partition coefficient (Wildman–Crippen LogP) is 4.24. The lowest BCUT2D eigenvalue weighted by Crippen LogP contribution is -2.51. The van der Waals surface area contributed by atoms with Crippen molar-refractivity contribution in [2.24, 2.45) is 0 Å². The van der Waals surface area contributed by atoms with E-state index in [9.17, 15) is 9.59 Å². The number of benzene rings is 3. The number of hydrogen-bond acceptors (Lipinski definition) is 2. The smallest absolute Gasteiger partial charge is 0.258 e. The first-order valence-electron chi connectivity index (χ1n) is 8.76. The van der Waals surface area contributed by atoms with Gasteiger partial charge in [0.15, 0.2) is 0 Å². The Morgan fingerprint density at radius 1 is 0.885 bits per heavy atom. The monoisotopic (exact) mass is 344 g/mol. The van der Waals surface area contributed by atoms with Gasteiger partial charge < -0.3 is 9.80 Å². The Morgan fingerprint density at radius 3 is 2.27 bits per heavy atom. The molecule has 4 rings (SSSR count). The van der Waals surface area contributed by atoms with Crippen LogP contribution in [-0.2, 0) is 4.79 Å². The van der Waals surface area contributed by atoms with E-state index in [4.69, 9.17) is 0 Å². The van der Waals surface area contributed by atoms with Crippen molar-refractivity contribution < 1.29 is 9.59 Å². The van der Waals surface area contributed by atoms with Crippen molar-refractivity contribution in [3.05, 3.63) is 72.3 Å². The third-order valence-corrected chi connectivity index (χ3v) is 4.90. The molecule has 1 unspecified atom stereocenters. The zero-order valence-corrected chi connectivity index (χ0v) is 14.8. The van der Waals surface area contributed by atoms with E-state index in [-0.39, 0.29) is 17.9 Å². The number of anilines is 2. The molecule has 0 bridgehead atoms. The molecule has 2 amide bonds. The van der Waals surface area contributed by atoms with Crippen molar-refractivity contribution in [3.8, 4) is 0 Å². The SMILES string of the molecule is CC(=O)N1c2ccccc2N(C(=O)c2ccc3ccccc3c2)CC1C. The highest BCUT2D eigenvalue weighted by atomic mass is 16.2. The highest BCUT2D eigenvalue weighted by Gasteiger charge is 2.33. The molecule has 130 valence electrons. The van der Waals surface area contributed by atoms with Crippen LogP contribution in [0, 0.1) is 0 Å². The highest BCUT2D eigenvalue weighted by molar-refractivity contribution is 6.11. The maximum Gasteiger partial charge on any atom is 0.258 e. The lowest BCUT2D eigenvalue weighted by atomic mass is 10.0. The fraction of sp³-hybridized carbons (Fsp3) is 0.182. The summed E-state index contributed by atoms with van der Waals surface area (Å²) in [6.07, 6.45) is 0. The molecule has 0 radical (unpaired) electrons. The fourth-order valence-corrected chi connectivity index (χ4v) is 3.73. The molecule has 0 saturated heterocycles. The van der Waals surface area contributed by atoms with Gasteiger partial charge in [0, 0.05) is 19.0 Å². The van der Waals surface area contributed by atoms with E-state index < -0.39 is 0 Å². The van der Waals surface area contributed by atoms with Gasteiger partial charge in [0.2, 0.25) is 5.91 Å². The maximum atomic E-state index is 13.3. The Labute approximate surface area is 152 Å². The molecule has 4 heteroatoms. The van der Waals surface area contributed by atoms with E-state index in [1.807, 2.05) is 73.7 Å². The van der Waals surface area contributed by atoms with Gasteiger partial charge in [0.25, 0.3) is 5.91 Å². The van der Waals surface area contributed by atoms with Crippen LogP contribution in [0.2, 0.25) is 0 Å². The van der Waals surface area contributed by atoms with Crippen LogP contribution >= 0.6 is 0 Å². The molecule has 0 aliphatic carbocycles. The summed E-state index contributed by atoms with van der Waals surface area (Å²) in [4.78, 5) is 28.9. The number of hydrogen-bond donors (Lipinski definition) is 0. The van der Waals surface area contributed by atoms with Gasteiger partial charge in [0.1, 0.15) is 0 Å². The standard InChI is InChI=1S/C22H20N2O2/c1-15-14-23(20-9-5-6-10-21(20)24(15)16(2)25)22(26)19-12-11-17-7-3-4-8-18(17)13-19/h3-13,15H,14H2,1-2H3. The van der Waals surface area contributed by atoms with Crippen LogP contribution in [0.5, 0.6) is 0 Å². The molecule has 4 nitrogen and oxygen atoms in total. The van der Waals surface area contributed by atoms with Crippen molar-refractivity contribution in [2.75, 3.05) is 16.3 Å². The molecule has 0 N–H and O–H groups in total. The predicted molar refractivity (Wildman–Crippen MR) is 105 cm³/mol. The second-order valence-corrected chi connectivity index (χ2v) is 6.70. The summed E-state index contributed by atoms with van der Waals surface area (Å²) < 4.78 is 0. The van der Waals surface area contributed by atoms with Gasteiger partial charge in [-0.25, -0.2) is 0 Å². The lowest BCUT2D eigenvalue weighted by Gasteiger charge is -2.40. The van der Waals surface area contributed by atoms with Crippen molar-refractivity contribution in [1.29, 1.82) is 0 Å². The zero-order valence-electron chi connectivity index (χ0n) is 14.8. The van der Waals surface area contributed by atoms with Crippen LogP contribution in [0.25, 0.3) is 10.8 Å². The Morgan fingerprint density at radius 2 is 1.54 bits per heavy atom. The van der Waals surface area contributed by atoms with Crippen LogP contribution in [0.15, 0.2) is 66.7 Å². The highest BCUT2D eigenvalue weighted by Crippen LogP contribution is 2.36. The number of nitrogens with zero attached hydrogens (tertiary/aromatic N) is 2. The molecule has 0 spiro atoms. The molecule has 3 aromatic carbocycles. The van der Waals surface area contributed by atoms with E-state index >= 15 is 0 Å². The van der Waals surface area contributed by atoms with E-state index in [1.165, 1.54) is 0 Å². The summed E-state index contributed by atoms with van der Waals surface area (Å²) in [6.45, 7) is 4.01. The lowest BCUT2D eigenvalue weighted by molar-refractivity contribution is -0.117. The van der Waals surface area contributed by atoms with Crippen molar-refractivity contribution >= 4 is 34.0 Å². The van der Waals surface area contributed by atoms with Gasteiger partial charge in [-0.15, -0.1) is 0 Å². The Bertz CT molecular complexity index is 1010. The average molecular weight is 344 g/mol. The summed E-state index contributed by atoms with van der Waals surface area (Å²) in [5.74, 6) is -0.0546. The summed E-state index contributed by atoms with van der Waals surface area (Å²) in [7, 11) is 0. The molecule has 26 heavy (non-hydrogen) atoms. The molecule has 0 aromatic heterocycles. The van der Waals surface area contributed by atoms with Crippen molar-refractivity contribution in [3.63, 3.8) is 0 Å². The molecule has 1 aliphatic heterocycles. The Hall–Kier alpha value is -3.14. The number of fused-ring (bicyclic) bond motifs is 2. The molecule has 1 aliphatic rings. The van der Waals surface area contributed by atoms with E-state index in [0.717, 1.165) is 22.1 Å². The topological polar surface area (TPSA) is 40.6 Å². The normalized spacial score (nSPS) is 16.5. The molecule has 1 heterocycles. The number of rotatable bonds is 1. The van der Waals surface area contributed by atoms with Gasteiger partial charge in [-0.1, -0.05) is 42.5 Å². The van der Waals surface area contributed by atoms with Crippen LogP contribution in [0.4, 0.5) is 11.4 Å². The molecule has 0 saturated carbocycles. The molecular weight excluding hydrogens is 324 g/mol. The molecular formula is C22H20N2O2. The van der Waals surface area contributed by atoms with Crippen LogP contribution in [-0.4, -0.2) is 24.4 Å². The van der Waals surface area contributed by atoms with Crippen LogP contribution in [0.1, 0.15) is 24.2 Å². The van der Waals surface area contributed by atoms with Gasteiger partial charge in [-0.3, -0.25) is 9.59 Å². The Kier molecular flexibility index (Phi) is 3.96. The van der Waals surface area contributed by atoms with E-state index in [0.29, 0.717) is 12.1 Å². The quantitative estimate of drug-likeness (QED) is 0.662. The minimum absolute atomic E-state index is 0.0113. The van der Waals surface area contributed by atoms with Crippen molar-refractivity contribution in [2.45, 2.75) is 19.9 Å². The van der Waals surface area contributed by atoms with Gasteiger partial charge in [-0.05, 0) is 42.0 Å². The first kappa shape index (κ1) is 16.3. The molecule has 3 aromatic rings. The van der Waals surface area contributed by atoms with Gasteiger partial charge in [-0.2, -0.15) is 0 Å². The third kappa shape index (κ3) is 2.64. The maximum absolute atomic E-state index is 13.3. The number of amides is 2. The average Bonchev–Trinajstić information content (AvgIpc) is 2.66. The summed E-state index contributed by atoms with van der Waals surface area (Å²) in [5, 5.41) is 2.15. The van der Waals surface area contributed by atoms with Gasteiger partial charge in [0.05, 0.1) is 17.4 Å². The third-order valence-electron chi connectivity index (χ3n) is 4.90. The zero-order chi connectivity index (χ0) is 18.3. The molecule has 0 fully saturated rings. The number of carbonyl (C=O) groups is 2. The fourth-order valence-electron chi connectivity index (χ4n) is 3.73. The van der Waals surface area contributed by atoms with E-state index in [1.54, 1.807) is 16.7 Å². The summed E-state index contributed by atoms with van der Waals surface area (Å²) in [6, 6.07) is 21.3. The summed E-state index contributed by atoms with van der Waals surface area (Å²) in [5.41, 5.74) is 2.22. The summed E-state index contributed by atoms with van der Waals surface area (Å²) >= 11 is 0. The largest absolute Gasteiger partial charge is 0.306 e. The van der Waals surface area contributed by atoms with Crippen LogP contribution < -0.4 is 9.80 Å². The second-order valence-electron chi connectivity index (χ2n) is 6.70. The van der Waals surface area contributed by atoms with Crippen molar-refractivity contribution in [1.82, 2.24) is 0 Å². The van der Waals surface area contributed by atoms with Crippen LogP contribution in [0.3, 0.4) is 0 Å². The minimum Gasteiger partial charge on any atom is -0.306 e. The minimum atomic E-state index is -0.0770. The number of carbonyl (C=O) groups excluding carboxylic acids is 2. The second kappa shape index (κ2) is 6.30. The number of para-hydroxylation sites is 2. The Balaban J connectivity index is 1.77. The molecule has 1 atom stereocenters. The first-order chi connectivity index (χ1) is 12.6. The van der Waals surface area contributed by atoms with Gasteiger partial charge >= 0.3 is 0 Å². The first-order valence-corrected chi connectivity index (χ1v) is 8.76.